The van der Waals surface area contributed by atoms with Gasteiger partial charge in [0.05, 0.1) is 6.61 Å². The Hall–Kier alpha value is -0.570. The molecule has 0 aromatic carbocycles. The summed E-state index contributed by atoms with van der Waals surface area (Å²) < 4.78 is 5.37. The molecule has 2 aliphatic rings. The molecule has 0 aromatic rings. The van der Waals surface area contributed by atoms with Gasteiger partial charge >= 0.3 is 0 Å². The summed E-state index contributed by atoms with van der Waals surface area (Å²) in [6, 6.07) is 0.483. The minimum Gasteiger partial charge on any atom is -0.358 e. The monoisotopic (exact) mass is 141 g/mol. The third-order valence-electron chi connectivity index (χ3n) is 2.38. The van der Waals surface area contributed by atoms with Crippen molar-refractivity contribution in [3.63, 3.8) is 0 Å². The van der Waals surface area contributed by atoms with Gasteiger partial charge < -0.3 is 9.64 Å². The molecular weight excluding hydrogens is 130 g/mol. The molecule has 0 aliphatic carbocycles. The number of ether oxygens (including phenoxy) is 1. The lowest BCUT2D eigenvalue weighted by Gasteiger charge is -2.30. The lowest BCUT2D eigenvalue weighted by Crippen LogP contribution is -2.41. The molecule has 2 rings (SSSR count). The average Bonchev–Trinajstić information content (AvgIpc) is 2.19. The van der Waals surface area contributed by atoms with E-state index in [1.807, 2.05) is 4.90 Å². The zero-order valence-corrected chi connectivity index (χ0v) is 5.82. The van der Waals surface area contributed by atoms with Gasteiger partial charge in [0.2, 0.25) is 6.41 Å². The summed E-state index contributed by atoms with van der Waals surface area (Å²) in [7, 11) is 0. The quantitative estimate of drug-likeness (QED) is 0.493. The summed E-state index contributed by atoms with van der Waals surface area (Å²) in [6.07, 6.45) is 4.21. The van der Waals surface area contributed by atoms with Crippen LogP contribution in [0.2, 0.25) is 0 Å². The lowest BCUT2D eigenvalue weighted by atomic mass is 10.2. The van der Waals surface area contributed by atoms with E-state index in [1.165, 1.54) is 0 Å². The molecule has 2 unspecified atom stereocenters. The highest BCUT2D eigenvalue weighted by molar-refractivity contribution is 5.49. The van der Waals surface area contributed by atoms with Crippen LogP contribution in [0.4, 0.5) is 0 Å². The van der Waals surface area contributed by atoms with Gasteiger partial charge in [-0.2, -0.15) is 0 Å². The predicted molar refractivity (Wildman–Crippen MR) is 35.3 cm³/mol. The molecule has 2 saturated heterocycles. The standard InChI is InChI=1S/C7H11NO2/c9-5-8-6-1-2-7(8)10-4-3-6/h5-7H,1-4H2. The normalized spacial score (nSPS) is 38.2. The molecule has 3 nitrogen and oxygen atoms in total. The Morgan fingerprint density at radius 1 is 1.40 bits per heavy atom. The van der Waals surface area contributed by atoms with E-state index >= 15 is 0 Å². The minimum atomic E-state index is 0.108. The number of hydrogen-bond acceptors (Lipinski definition) is 2. The third-order valence-corrected chi connectivity index (χ3v) is 2.38. The van der Waals surface area contributed by atoms with E-state index < -0.39 is 0 Å². The van der Waals surface area contributed by atoms with Crippen molar-refractivity contribution in [1.82, 2.24) is 4.90 Å². The maximum atomic E-state index is 10.5. The van der Waals surface area contributed by atoms with Crippen molar-refractivity contribution in [2.24, 2.45) is 0 Å². The molecule has 0 spiro atoms. The van der Waals surface area contributed by atoms with E-state index in [0.29, 0.717) is 6.04 Å². The van der Waals surface area contributed by atoms with Gasteiger partial charge in [0.25, 0.3) is 0 Å². The molecule has 2 fully saturated rings. The van der Waals surface area contributed by atoms with Crippen molar-refractivity contribution in [2.45, 2.75) is 31.5 Å². The molecule has 3 heteroatoms. The number of nitrogens with zero attached hydrogens (tertiary/aromatic N) is 1. The molecule has 0 radical (unpaired) electrons. The second-order valence-corrected chi connectivity index (χ2v) is 2.90. The maximum Gasteiger partial charge on any atom is 0.211 e. The molecule has 10 heavy (non-hydrogen) atoms. The molecule has 2 bridgehead atoms. The van der Waals surface area contributed by atoms with E-state index in [9.17, 15) is 4.79 Å². The molecule has 2 atom stereocenters. The molecular formula is C7H11NO2. The van der Waals surface area contributed by atoms with Gasteiger partial charge in [-0.15, -0.1) is 0 Å². The topological polar surface area (TPSA) is 29.5 Å². The van der Waals surface area contributed by atoms with Crippen molar-refractivity contribution in [3.05, 3.63) is 0 Å². The lowest BCUT2D eigenvalue weighted by molar-refractivity contribution is -0.139. The summed E-state index contributed by atoms with van der Waals surface area (Å²) in [5.41, 5.74) is 0. The van der Waals surface area contributed by atoms with E-state index in [2.05, 4.69) is 0 Å². The number of carbonyl (C=O) groups excluding carboxylic acids is 1. The highest BCUT2D eigenvalue weighted by Gasteiger charge is 2.36. The van der Waals surface area contributed by atoms with Gasteiger partial charge in [0.1, 0.15) is 6.23 Å². The number of rotatable bonds is 1. The Balaban J connectivity index is 2.13. The Labute approximate surface area is 60.0 Å². The zero-order chi connectivity index (χ0) is 6.97. The van der Waals surface area contributed by atoms with Gasteiger partial charge in [-0.3, -0.25) is 4.79 Å². The van der Waals surface area contributed by atoms with E-state index in [4.69, 9.17) is 4.74 Å². The Kier molecular flexibility index (Phi) is 1.38. The molecule has 0 N–H and O–H groups in total. The first kappa shape index (κ1) is 6.16. The van der Waals surface area contributed by atoms with Crippen LogP contribution < -0.4 is 0 Å². The molecule has 2 heterocycles. The van der Waals surface area contributed by atoms with Crippen LogP contribution >= 0.6 is 0 Å². The van der Waals surface area contributed by atoms with E-state index in [1.54, 1.807) is 0 Å². The fourth-order valence-corrected chi connectivity index (χ4v) is 1.83. The first-order valence-electron chi connectivity index (χ1n) is 3.76. The minimum absolute atomic E-state index is 0.108. The van der Waals surface area contributed by atoms with E-state index in [-0.39, 0.29) is 6.23 Å². The highest BCUT2D eigenvalue weighted by atomic mass is 16.5. The average molecular weight is 141 g/mol. The highest BCUT2D eigenvalue weighted by Crippen LogP contribution is 2.29. The largest absolute Gasteiger partial charge is 0.358 e. The van der Waals surface area contributed by atoms with Crippen LogP contribution in [0.1, 0.15) is 19.3 Å². The molecule has 0 aromatic heterocycles. The Morgan fingerprint density at radius 2 is 2.30 bits per heavy atom. The van der Waals surface area contributed by atoms with Crippen LogP contribution in [0.5, 0.6) is 0 Å². The Bertz CT molecular complexity index is 133. The van der Waals surface area contributed by atoms with Crippen molar-refractivity contribution < 1.29 is 9.53 Å². The van der Waals surface area contributed by atoms with Crippen molar-refractivity contribution >= 4 is 6.41 Å². The molecule has 2 aliphatic heterocycles. The van der Waals surface area contributed by atoms with E-state index in [0.717, 1.165) is 32.3 Å². The fourth-order valence-electron chi connectivity index (χ4n) is 1.83. The smallest absolute Gasteiger partial charge is 0.211 e. The first-order valence-corrected chi connectivity index (χ1v) is 3.76. The van der Waals surface area contributed by atoms with Gasteiger partial charge in [-0.1, -0.05) is 0 Å². The van der Waals surface area contributed by atoms with Crippen LogP contribution in [-0.4, -0.2) is 30.2 Å². The number of amides is 1. The Morgan fingerprint density at radius 3 is 2.90 bits per heavy atom. The summed E-state index contributed by atoms with van der Waals surface area (Å²) in [5, 5.41) is 0. The van der Waals surface area contributed by atoms with Gasteiger partial charge in [0, 0.05) is 6.04 Å². The first-order chi connectivity index (χ1) is 4.92. The second-order valence-electron chi connectivity index (χ2n) is 2.90. The number of carbonyl (C=O) groups is 1. The molecule has 1 amide bonds. The van der Waals surface area contributed by atoms with Crippen molar-refractivity contribution in [1.29, 1.82) is 0 Å². The number of hydrogen-bond donors (Lipinski definition) is 0. The molecule has 0 saturated carbocycles. The van der Waals surface area contributed by atoms with Crippen LogP contribution in [0.3, 0.4) is 0 Å². The zero-order valence-electron chi connectivity index (χ0n) is 5.82. The van der Waals surface area contributed by atoms with Crippen LogP contribution in [-0.2, 0) is 9.53 Å². The molecule has 56 valence electrons. The number of fused-ring (bicyclic) bond motifs is 2. The predicted octanol–water partition coefficient (Wildman–Crippen LogP) is 0.354. The summed E-state index contributed by atoms with van der Waals surface area (Å²) in [4.78, 5) is 12.3. The van der Waals surface area contributed by atoms with Crippen LogP contribution in [0.15, 0.2) is 0 Å². The maximum absolute atomic E-state index is 10.5. The second kappa shape index (κ2) is 2.23. The van der Waals surface area contributed by atoms with Gasteiger partial charge in [-0.05, 0) is 19.3 Å². The van der Waals surface area contributed by atoms with Gasteiger partial charge in [0.15, 0.2) is 0 Å². The summed E-state index contributed by atoms with van der Waals surface area (Å²) in [5.74, 6) is 0. The third kappa shape index (κ3) is 0.736. The van der Waals surface area contributed by atoms with Crippen LogP contribution in [0.25, 0.3) is 0 Å². The summed E-state index contributed by atoms with van der Waals surface area (Å²) >= 11 is 0. The SMILES string of the molecule is O=CN1C2CCOC1CC2. The van der Waals surface area contributed by atoms with Crippen molar-refractivity contribution in [3.8, 4) is 0 Å². The van der Waals surface area contributed by atoms with Crippen molar-refractivity contribution in [2.75, 3.05) is 6.61 Å². The van der Waals surface area contributed by atoms with Crippen LogP contribution in [0, 0.1) is 0 Å². The fraction of sp³-hybridized carbons (Fsp3) is 0.857. The summed E-state index contributed by atoms with van der Waals surface area (Å²) in [6.45, 7) is 0.833. The van der Waals surface area contributed by atoms with Gasteiger partial charge in [-0.25, -0.2) is 0 Å².